The first-order valence-electron chi connectivity index (χ1n) is 9.67. The van der Waals surface area contributed by atoms with Crippen LogP contribution in [0.3, 0.4) is 0 Å². The number of rotatable bonds is 6. The van der Waals surface area contributed by atoms with Crippen molar-refractivity contribution in [3.05, 3.63) is 63.7 Å². The zero-order valence-corrected chi connectivity index (χ0v) is 16.8. The number of anilines is 1. The standard InChI is InChI=1S/C22H24N2O5/c1-4-14(2)18-7-5-6-8-20(18)29-22(26)16-11-21(25)23(13-16)17-10-9-15(3)19(12-17)24(27)28/h5-10,12,14,16H,4,11,13H2,1-3H3/t14-,16+/m1/s1. The first kappa shape index (κ1) is 20.5. The molecule has 0 spiro atoms. The van der Waals surface area contributed by atoms with Crippen LogP contribution in [0.4, 0.5) is 11.4 Å². The van der Waals surface area contributed by atoms with E-state index >= 15 is 0 Å². The number of nitro groups is 1. The molecule has 1 amide bonds. The summed E-state index contributed by atoms with van der Waals surface area (Å²) in [6.45, 7) is 5.92. The van der Waals surface area contributed by atoms with Gasteiger partial charge >= 0.3 is 5.97 Å². The third kappa shape index (κ3) is 4.29. The molecule has 7 nitrogen and oxygen atoms in total. The Labute approximate surface area is 169 Å². The summed E-state index contributed by atoms with van der Waals surface area (Å²) in [7, 11) is 0. The zero-order valence-electron chi connectivity index (χ0n) is 16.8. The van der Waals surface area contributed by atoms with Crippen LogP contribution in [0.25, 0.3) is 0 Å². The number of amides is 1. The minimum atomic E-state index is -0.618. The Morgan fingerprint density at radius 1 is 1.31 bits per heavy atom. The molecule has 1 saturated heterocycles. The summed E-state index contributed by atoms with van der Waals surface area (Å²) in [5.74, 6) is -0.566. The lowest BCUT2D eigenvalue weighted by molar-refractivity contribution is -0.385. The van der Waals surface area contributed by atoms with Gasteiger partial charge in [0, 0.05) is 24.6 Å². The van der Waals surface area contributed by atoms with Crippen LogP contribution in [0.1, 0.15) is 43.7 Å². The fourth-order valence-electron chi connectivity index (χ4n) is 3.47. The number of hydrogen-bond acceptors (Lipinski definition) is 5. The highest BCUT2D eigenvalue weighted by atomic mass is 16.6. The summed E-state index contributed by atoms with van der Waals surface area (Å²) in [6, 6.07) is 12.1. The van der Waals surface area contributed by atoms with E-state index in [0.717, 1.165) is 12.0 Å². The van der Waals surface area contributed by atoms with Crippen LogP contribution < -0.4 is 9.64 Å². The van der Waals surface area contributed by atoms with E-state index in [1.165, 1.54) is 11.0 Å². The monoisotopic (exact) mass is 396 g/mol. The minimum Gasteiger partial charge on any atom is -0.426 e. The molecular weight excluding hydrogens is 372 g/mol. The third-order valence-corrected chi connectivity index (χ3v) is 5.43. The second-order valence-electron chi connectivity index (χ2n) is 7.40. The molecule has 0 aliphatic carbocycles. The van der Waals surface area contributed by atoms with Gasteiger partial charge in [0.2, 0.25) is 5.91 Å². The molecule has 1 aliphatic heterocycles. The maximum Gasteiger partial charge on any atom is 0.316 e. The van der Waals surface area contributed by atoms with Crippen LogP contribution in [0.5, 0.6) is 5.75 Å². The van der Waals surface area contributed by atoms with Crippen molar-refractivity contribution in [3.63, 3.8) is 0 Å². The minimum absolute atomic E-state index is 0.0198. The number of nitrogens with zero attached hydrogens (tertiary/aromatic N) is 2. The van der Waals surface area contributed by atoms with Crippen LogP contribution in [-0.2, 0) is 9.59 Å². The highest BCUT2D eigenvalue weighted by Gasteiger charge is 2.37. The SMILES string of the molecule is CC[C@@H](C)c1ccccc1OC(=O)[C@H]1CC(=O)N(c2ccc(C)c([N+](=O)[O-])c2)C1. The maximum atomic E-state index is 12.7. The highest BCUT2D eigenvalue weighted by molar-refractivity contribution is 6.00. The van der Waals surface area contributed by atoms with Crippen LogP contribution in [0.2, 0.25) is 0 Å². The van der Waals surface area contributed by atoms with Gasteiger partial charge in [-0.1, -0.05) is 38.1 Å². The van der Waals surface area contributed by atoms with Crippen molar-refractivity contribution in [3.8, 4) is 5.75 Å². The fourth-order valence-corrected chi connectivity index (χ4v) is 3.47. The predicted molar refractivity (Wildman–Crippen MR) is 109 cm³/mol. The summed E-state index contributed by atoms with van der Waals surface area (Å²) in [6.07, 6.45) is 0.933. The van der Waals surface area contributed by atoms with Gasteiger partial charge in [-0.05, 0) is 37.0 Å². The van der Waals surface area contributed by atoms with Gasteiger partial charge in [0.05, 0.1) is 16.5 Å². The number of carbonyl (C=O) groups excluding carboxylic acids is 2. The first-order chi connectivity index (χ1) is 13.8. The molecule has 0 unspecified atom stereocenters. The molecule has 0 aromatic heterocycles. The van der Waals surface area contributed by atoms with Crippen molar-refractivity contribution < 1.29 is 19.2 Å². The van der Waals surface area contributed by atoms with Gasteiger partial charge in [0.1, 0.15) is 5.75 Å². The van der Waals surface area contributed by atoms with Crippen LogP contribution >= 0.6 is 0 Å². The number of aryl methyl sites for hydroxylation is 1. The Morgan fingerprint density at radius 3 is 2.72 bits per heavy atom. The molecule has 0 N–H and O–H groups in total. The topological polar surface area (TPSA) is 89.8 Å². The molecule has 29 heavy (non-hydrogen) atoms. The number of nitro benzene ring substituents is 1. The van der Waals surface area contributed by atoms with Gasteiger partial charge in [0.25, 0.3) is 5.69 Å². The molecule has 0 bridgehead atoms. The summed E-state index contributed by atoms with van der Waals surface area (Å²) in [4.78, 5) is 37.3. The lowest BCUT2D eigenvalue weighted by Crippen LogP contribution is -2.27. The van der Waals surface area contributed by atoms with E-state index in [4.69, 9.17) is 4.74 Å². The van der Waals surface area contributed by atoms with Crippen LogP contribution in [-0.4, -0.2) is 23.3 Å². The van der Waals surface area contributed by atoms with E-state index in [2.05, 4.69) is 13.8 Å². The van der Waals surface area contributed by atoms with Crippen LogP contribution in [0, 0.1) is 23.0 Å². The summed E-state index contributed by atoms with van der Waals surface area (Å²) < 4.78 is 5.64. The van der Waals surface area contributed by atoms with Gasteiger partial charge in [-0.15, -0.1) is 0 Å². The van der Waals surface area contributed by atoms with E-state index < -0.39 is 16.8 Å². The van der Waals surface area contributed by atoms with Gasteiger partial charge in [-0.2, -0.15) is 0 Å². The Bertz CT molecular complexity index is 956. The van der Waals surface area contributed by atoms with E-state index in [0.29, 0.717) is 17.0 Å². The molecule has 2 atom stereocenters. The van der Waals surface area contributed by atoms with Crippen molar-refractivity contribution in [1.82, 2.24) is 0 Å². The second-order valence-corrected chi connectivity index (χ2v) is 7.40. The van der Waals surface area contributed by atoms with Crippen molar-refractivity contribution in [2.75, 3.05) is 11.4 Å². The second kappa shape index (κ2) is 8.43. The fraction of sp³-hybridized carbons (Fsp3) is 0.364. The first-order valence-corrected chi connectivity index (χ1v) is 9.67. The Balaban J connectivity index is 1.77. The Morgan fingerprint density at radius 2 is 2.03 bits per heavy atom. The molecule has 7 heteroatoms. The Kier molecular flexibility index (Phi) is 5.96. The zero-order chi connectivity index (χ0) is 21.1. The van der Waals surface area contributed by atoms with Crippen molar-refractivity contribution in [2.24, 2.45) is 5.92 Å². The normalized spacial score (nSPS) is 17.3. The van der Waals surface area contributed by atoms with Crippen molar-refractivity contribution >= 4 is 23.3 Å². The lowest BCUT2D eigenvalue weighted by Gasteiger charge is -2.18. The molecule has 152 valence electrons. The summed E-state index contributed by atoms with van der Waals surface area (Å²) >= 11 is 0. The average molecular weight is 396 g/mol. The number of para-hydroxylation sites is 1. The molecule has 0 radical (unpaired) electrons. The molecule has 1 heterocycles. The average Bonchev–Trinajstić information content (AvgIpc) is 3.10. The number of esters is 1. The highest BCUT2D eigenvalue weighted by Crippen LogP contribution is 2.32. The van der Waals surface area contributed by atoms with Crippen molar-refractivity contribution in [1.29, 1.82) is 0 Å². The van der Waals surface area contributed by atoms with E-state index in [-0.39, 0.29) is 30.5 Å². The van der Waals surface area contributed by atoms with E-state index in [1.807, 2.05) is 18.2 Å². The van der Waals surface area contributed by atoms with Crippen molar-refractivity contribution in [2.45, 2.75) is 39.5 Å². The lowest BCUT2D eigenvalue weighted by atomic mass is 9.98. The molecule has 1 fully saturated rings. The molecule has 3 rings (SSSR count). The molecule has 2 aromatic carbocycles. The quantitative estimate of drug-likeness (QED) is 0.313. The third-order valence-electron chi connectivity index (χ3n) is 5.43. The van der Waals surface area contributed by atoms with Gasteiger partial charge in [-0.25, -0.2) is 0 Å². The smallest absolute Gasteiger partial charge is 0.316 e. The van der Waals surface area contributed by atoms with E-state index in [1.54, 1.807) is 25.1 Å². The van der Waals surface area contributed by atoms with Gasteiger partial charge in [0.15, 0.2) is 0 Å². The van der Waals surface area contributed by atoms with Gasteiger partial charge < -0.3 is 9.64 Å². The maximum absolute atomic E-state index is 12.7. The molecular formula is C22H24N2O5. The number of benzene rings is 2. The molecule has 1 aliphatic rings. The molecule has 0 saturated carbocycles. The molecule has 2 aromatic rings. The summed E-state index contributed by atoms with van der Waals surface area (Å²) in [5, 5.41) is 11.2. The number of ether oxygens (including phenoxy) is 1. The number of carbonyl (C=O) groups is 2. The largest absolute Gasteiger partial charge is 0.426 e. The summed E-state index contributed by atoms with van der Waals surface area (Å²) in [5.41, 5.74) is 1.84. The van der Waals surface area contributed by atoms with E-state index in [9.17, 15) is 19.7 Å². The predicted octanol–water partition coefficient (Wildman–Crippen LogP) is 4.38. The Hall–Kier alpha value is -3.22. The van der Waals surface area contributed by atoms with Gasteiger partial charge in [-0.3, -0.25) is 19.7 Å². The number of hydrogen-bond donors (Lipinski definition) is 0. The van der Waals surface area contributed by atoms with Crippen LogP contribution in [0.15, 0.2) is 42.5 Å².